The molecule has 10 heteroatoms. The monoisotopic (exact) mass is 488 g/mol. The third-order valence-electron chi connectivity index (χ3n) is 5.46. The fourth-order valence-corrected chi connectivity index (χ4v) is 5.86. The number of nitrogens with zero attached hydrogens (tertiary/aromatic N) is 3. The molecule has 0 atom stereocenters. The molecule has 2 aromatic carbocycles. The zero-order valence-corrected chi connectivity index (χ0v) is 19.8. The zero-order chi connectivity index (χ0) is 23.4. The van der Waals surface area contributed by atoms with Crippen molar-refractivity contribution in [2.24, 2.45) is 0 Å². The first-order chi connectivity index (χ1) is 15.8. The van der Waals surface area contributed by atoms with Crippen LogP contribution in [0.5, 0.6) is 0 Å². The van der Waals surface area contributed by atoms with Crippen LogP contribution >= 0.6 is 11.3 Å². The van der Waals surface area contributed by atoms with Crippen LogP contribution in [0.2, 0.25) is 0 Å². The highest BCUT2D eigenvalue weighted by molar-refractivity contribution is 7.89. The summed E-state index contributed by atoms with van der Waals surface area (Å²) in [5.41, 5.74) is 2.45. The van der Waals surface area contributed by atoms with Crippen LogP contribution in [0.3, 0.4) is 0 Å². The standard InChI is InChI=1S/C23H25FN4O3S2/c1-17-3-9-20(10-4-17)33(30,31)28-12-2-11-27(13-14-28)15-22(29)26-23-25-21(16-32-23)18-5-7-19(24)8-6-18/h3-10,16H,2,11-15H2,1H3,(H,25,26,29). The van der Waals surface area contributed by atoms with Crippen molar-refractivity contribution in [2.75, 3.05) is 38.0 Å². The second kappa shape index (κ2) is 10.1. The van der Waals surface area contributed by atoms with E-state index in [2.05, 4.69) is 10.3 Å². The molecule has 0 radical (unpaired) electrons. The number of hydrogen-bond acceptors (Lipinski definition) is 6. The molecule has 0 aliphatic carbocycles. The van der Waals surface area contributed by atoms with Gasteiger partial charge in [-0.1, -0.05) is 17.7 Å². The van der Waals surface area contributed by atoms with Crippen molar-refractivity contribution in [3.8, 4) is 11.3 Å². The molecule has 0 bridgehead atoms. The van der Waals surface area contributed by atoms with E-state index in [-0.39, 0.29) is 18.3 Å². The Morgan fingerprint density at radius 2 is 1.79 bits per heavy atom. The summed E-state index contributed by atoms with van der Waals surface area (Å²) >= 11 is 1.30. The van der Waals surface area contributed by atoms with Gasteiger partial charge in [0.1, 0.15) is 5.82 Å². The van der Waals surface area contributed by atoms with Gasteiger partial charge in [-0.2, -0.15) is 4.31 Å². The summed E-state index contributed by atoms with van der Waals surface area (Å²) in [6.07, 6.45) is 0.643. The van der Waals surface area contributed by atoms with E-state index in [0.717, 1.165) is 11.1 Å². The number of benzene rings is 2. The number of thiazole rings is 1. The highest BCUT2D eigenvalue weighted by Crippen LogP contribution is 2.25. The molecule has 4 rings (SSSR count). The van der Waals surface area contributed by atoms with Gasteiger partial charge in [0.15, 0.2) is 5.13 Å². The zero-order valence-electron chi connectivity index (χ0n) is 18.2. The molecule has 174 valence electrons. The van der Waals surface area contributed by atoms with Crippen molar-refractivity contribution in [3.63, 3.8) is 0 Å². The molecule has 1 aliphatic heterocycles. The minimum atomic E-state index is -3.55. The molecule has 1 saturated heterocycles. The number of aromatic nitrogens is 1. The van der Waals surface area contributed by atoms with Crippen molar-refractivity contribution in [2.45, 2.75) is 18.2 Å². The first-order valence-electron chi connectivity index (χ1n) is 10.6. The molecule has 0 saturated carbocycles. The SMILES string of the molecule is Cc1ccc(S(=O)(=O)N2CCCN(CC(=O)Nc3nc(-c4ccc(F)cc4)cs3)CC2)cc1. The van der Waals surface area contributed by atoms with Crippen molar-refractivity contribution in [3.05, 3.63) is 65.3 Å². The minimum absolute atomic E-state index is 0.157. The topological polar surface area (TPSA) is 82.6 Å². The van der Waals surface area contributed by atoms with Crippen molar-refractivity contribution in [1.82, 2.24) is 14.2 Å². The summed E-state index contributed by atoms with van der Waals surface area (Å²) in [4.78, 5) is 19.2. The Balaban J connectivity index is 1.32. The number of hydrogen-bond donors (Lipinski definition) is 1. The summed E-state index contributed by atoms with van der Waals surface area (Å²) in [5, 5.41) is 5.08. The number of rotatable bonds is 6. The van der Waals surface area contributed by atoms with E-state index in [1.54, 1.807) is 36.4 Å². The largest absolute Gasteiger partial charge is 0.301 e. The second-order valence-electron chi connectivity index (χ2n) is 7.94. The molecule has 1 amide bonds. The number of carbonyl (C=O) groups excluding carboxylic acids is 1. The molecule has 33 heavy (non-hydrogen) atoms. The van der Waals surface area contributed by atoms with E-state index in [1.165, 1.54) is 27.8 Å². The Kier molecular flexibility index (Phi) is 7.18. The van der Waals surface area contributed by atoms with Crippen LogP contribution in [-0.4, -0.2) is 61.2 Å². The van der Waals surface area contributed by atoms with Gasteiger partial charge in [0, 0.05) is 30.6 Å². The fraction of sp³-hybridized carbons (Fsp3) is 0.304. The molecule has 1 fully saturated rings. The average molecular weight is 489 g/mol. The van der Waals surface area contributed by atoms with E-state index in [0.29, 0.717) is 48.3 Å². The van der Waals surface area contributed by atoms with Crippen LogP contribution in [-0.2, 0) is 14.8 Å². The average Bonchev–Trinajstić information content (AvgIpc) is 3.11. The van der Waals surface area contributed by atoms with Gasteiger partial charge in [0.05, 0.1) is 17.1 Å². The molecule has 0 unspecified atom stereocenters. The van der Waals surface area contributed by atoms with Gasteiger partial charge in [-0.15, -0.1) is 11.3 Å². The number of carbonyl (C=O) groups is 1. The second-order valence-corrected chi connectivity index (χ2v) is 10.7. The number of sulfonamides is 1. The van der Waals surface area contributed by atoms with Crippen LogP contribution in [0.4, 0.5) is 9.52 Å². The minimum Gasteiger partial charge on any atom is -0.301 e. The Morgan fingerprint density at radius 1 is 1.06 bits per heavy atom. The van der Waals surface area contributed by atoms with E-state index < -0.39 is 10.0 Å². The molecular formula is C23H25FN4O3S2. The maximum absolute atomic E-state index is 13.1. The molecule has 1 N–H and O–H groups in total. The summed E-state index contributed by atoms with van der Waals surface area (Å²) in [7, 11) is -3.55. The summed E-state index contributed by atoms with van der Waals surface area (Å²) in [5.74, 6) is -0.518. The lowest BCUT2D eigenvalue weighted by Crippen LogP contribution is -2.38. The van der Waals surface area contributed by atoms with Crippen LogP contribution < -0.4 is 5.32 Å². The van der Waals surface area contributed by atoms with E-state index >= 15 is 0 Å². The third kappa shape index (κ3) is 5.83. The molecule has 2 heterocycles. The van der Waals surface area contributed by atoms with Gasteiger partial charge >= 0.3 is 0 Å². The van der Waals surface area contributed by atoms with Crippen molar-refractivity contribution >= 4 is 32.4 Å². The summed E-state index contributed by atoms with van der Waals surface area (Å²) in [6, 6.07) is 12.9. The smallest absolute Gasteiger partial charge is 0.243 e. The lowest BCUT2D eigenvalue weighted by molar-refractivity contribution is -0.117. The lowest BCUT2D eigenvalue weighted by atomic mass is 10.2. The molecule has 1 aliphatic rings. The third-order valence-corrected chi connectivity index (χ3v) is 8.13. The fourth-order valence-electron chi connectivity index (χ4n) is 3.65. The van der Waals surface area contributed by atoms with Gasteiger partial charge < -0.3 is 5.32 Å². The normalized spacial score (nSPS) is 15.8. The summed E-state index contributed by atoms with van der Waals surface area (Å²) < 4.78 is 40.5. The van der Waals surface area contributed by atoms with Crippen LogP contribution in [0.25, 0.3) is 11.3 Å². The molecule has 1 aromatic heterocycles. The number of halogens is 1. The Morgan fingerprint density at radius 3 is 2.52 bits per heavy atom. The number of nitrogens with one attached hydrogen (secondary N) is 1. The van der Waals surface area contributed by atoms with Gasteiger partial charge in [0.25, 0.3) is 0 Å². The summed E-state index contributed by atoms with van der Waals surface area (Å²) in [6.45, 7) is 3.92. The predicted molar refractivity (Wildman–Crippen MR) is 127 cm³/mol. The van der Waals surface area contributed by atoms with Crippen molar-refractivity contribution in [1.29, 1.82) is 0 Å². The maximum Gasteiger partial charge on any atom is 0.243 e. The van der Waals surface area contributed by atoms with E-state index in [9.17, 15) is 17.6 Å². The first kappa shape index (κ1) is 23.5. The predicted octanol–water partition coefficient (Wildman–Crippen LogP) is 3.59. The van der Waals surface area contributed by atoms with Gasteiger partial charge in [-0.25, -0.2) is 17.8 Å². The van der Waals surface area contributed by atoms with E-state index in [4.69, 9.17) is 0 Å². The van der Waals surface area contributed by atoms with Crippen LogP contribution in [0.15, 0.2) is 58.8 Å². The number of anilines is 1. The quantitative estimate of drug-likeness (QED) is 0.573. The lowest BCUT2D eigenvalue weighted by Gasteiger charge is -2.21. The van der Waals surface area contributed by atoms with Gasteiger partial charge in [0.2, 0.25) is 15.9 Å². The highest BCUT2D eigenvalue weighted by Gasteiger charge is 2.27. The Bertz CT molecular complexity index is 1210. The van der Waals surface area contributed by atoms with Gasteiger partial charge in [-0.05, 0) is 56.3 Å². The molecule has 3 aromatic rings. The van der Waals surface area contributed by atoms with E-state index in [1.807, 2.05) is 17.2 Å². The molecule has 0 spiro atoms. The number of amides is 1. The maximum atomic E-state index is 13.1. The van der Waals surface area contributed by atoms with Gasteiger partial charge in [-0.3, -0.25) is 9.69 Å². The number of aryl methyl sites for hydroxylation is 1. The Hall–Kier alpha value is -2.66. The van der Waals surface area contributed by atoms with Crippen LogP contribution in [0, 0.1) is 12.7 Å². The van der Waals surface area contributed by atoms with Crippen molar-refractivity contribution < 1.29 is 17.6 Å². The molecule has 7 nitrogen and oxygen atoms in total. The Labute approximate surface area is 196 Å². The van der Waals surface area contributed by atoms with Crippen LogP contribution in [0.1, 0.15) is 12.0 Å². The highest BCUT2D eigenvalue weighted by atomic mass is 32.2. The first-order valence-corrected chi connectivity index (χ1v) is 12.9. The molecular weight excluding hydrogens is 463 g/mol.